The smallest absolute Gasteiger partial charge is 0.333 e. The van der Waals surface area contributed by atoms with Gasteiger partial charge in [0.25, 0.3) is 0 Å². The maximum absolute atomic E-state index is 14.3. The first-order chi connectivity index (χ1) is 16.9. The molecule has 1 aliphatic heterocycles. The molecular weight excluding hydrogens is 470 g/mol. The van der Waals surface area contributed by atoms with Crippen molar-refractivity contribution in [1.82, 2.24) is 4.31 Å². The highest BCUT2D eigenvalue weighted by Crippen LogP contribution is 2.46. The third-order valence-corrected chi connectivity index (χ3v) is 8.90. The van der Waals surface area contributed by atoms with E-state index in [1.54, 1.807) is 37.3 Å². The summed E-state index contributed by atoms with van der Waals surface area (Å²) in [5.41, 5.74) is 4.21. The fourth-order valence-electron chi connectivity index (χ4n) is 4.80. The van der Waals surface area contributed by atoms with Crippen molar-refractivity contribution in [1.29, 1.82) is 0 Å². The van der Waals surface area contributed by atoms with E-state index < -0.39 is 28.1 Å². The number of nitrogens with zero attached hydrogens (tertiary/aromatic N) is 1. The van der Waals surface area contributed by atoms with Crippen LogP contribution in [0, 0.1) is 13.8 Å². The SMILES string of the molecule is Cc1ccc([C@@H]2CC=C(C(=O)O)[C@H](c3ccc(C(C)(C)C)cc3)N2S(=O)(=O)c2ccccc2C)cc1. The molecule has 5 nitrogen and oxygen atoms in total. The topological polar surface area (TPSA) is 74.7 Å². The van der Waals surface area contributed by atoms with Crippen LogP contribution in [0.25, 0.3) is 0 Å². The Kier molecular flexibility index (Phi) is 6.95. The van der Waals surface area contributed by atoms with Crippen molar-refractivity contribution in [3.05, 3.63) is 112 Å². The van der Waals surface area contributed by atoms with Gasteiger partial charge < -0.3 is 5.11 Å². The van der Waals surface area contributed by atoms with E-state index in [0.29, 0.717) is 11.1 Å². The zero-order chi connectivity index (χ0) is 26.3. The number of carboxylic acid groups (broad SMARTS) is 1. The lowest BCUT2D eigenvalue weighted by molar-refractivity contribution is -0.133. The summed E-state index contributed by atoms with van der Waals surface area (Å²) in [6.07, 6.45) is 1.95. The van der Waals surface area contributed by atoms with Gasteiger partial charge in [0, 0.05) is 0 Å². The monoisotopic (exact) mass is 503 g/mol. The molecule has 0 bridgehead atoms. The standard InChI is InChI=1S/C30H33NO4S/c1-20-10-12-22(13-11-20)26-19-18-25(29(32)33)28(23-14-16-24(17-15-23)30(3,4)5)31(26)36(34,35)27-9-7-6-8-21(27)2/h6-18,26,28H,19H2,1-5H3,(H,32,33)/t26-,28-/m0/s1. The van der Waals surface area contributed by atoms with Crippen molar-refractivity contribution in [2.45, 2.75) is 63.4 Å². The van der Waals surface area contributed by atoms with Gasteiger partial charge in [0.2, 0.25) is 10.0 Å². The zero-order valence-corrected chi connectivity index (χ0v) is 22.2. The van der Waals surface area contributed by atoms with Gasteiger partial charge in [-0.2, -0.15) is 4.31 Å². The van der Waals surface area contributed by atoms with Gasteiger partial charge in [0.1, 0.15) is 0 Å². The van der Waals surface area contributed by atoms with E-state index in [9.17, 15) is 18.3 Å². The van der Waals surface area contributed by atoms with Crippen LogP contribution in [0.5, 0.6) is 0 Å². The molecule has 0 saturated carbocycles. The van der Waals surface area contributed by atoms with E-state index in [1.165, 1.54) is 4.31 Å². The maximum atomic E-state index is 14.3. The molecule has 0 radical (unpaired) electrons. The van der Waals surface area contributed by atoms with E-state index in [1.807, 2.05) is 55.5 Å². The number of carboxylic acids is 1. The molecule has 3 aromatic carbocycles. The minimum absolute atomic E-state index is 0.0685. The minimum Gasteiger partial charge on any atom is -0.478 e. The second kappa shape index (κ2) is 9.68. The molecule has 188 valence electrons. The summed E-state index contributed by atoms with van der Waals surface area (Å²) in [7, 11) is -4.07. The molecule has 2 atom stereocenters. The Labute approximate surface area is 214 Å². The molecule has 4 rings (SSSR count). The second-order valence-corrected chi connectivity index (χ2v) is 12.3. The summed E-state index contributed by atoms with van der Waals surface area (Å²) in [5.74, 6) is -1.12. The predicted molar refractivity (Wildman–Crippen MR) is 142 cm³/mol. The molecule has 6 heteroatoms. The lowest BCUT2D eigenvalue weighted by Gasteiger charge is -2.41. The van der Waals surface area contributed by atoms with Crippen LogP contribution in [0.1, 0.15) is 67.1 Å². The molecule has 1 N–H and O–H groups in total. The Hall–Kier alpha value is -3.22. The second-order valence-electron chi connectivity index (χ2n) is 10.5. The number of sulfonamides is 1. The molecule has 36 heavy (non-hydrogen) atoms. The number of rotatable bonds is 5. The number of hydrogen-bond donors (Lipinski definition) is 1. The Morgan fingerprint density at radius 1 is 0.889 bits per heavy atom. The summed E-state index contributed by atoms with van der Waals surface area (Å²) in [4.78, 5) is 12.6. The summed E-state index contributed by atoms with van der Waals surface area (Å²) in [6.45, 7) is 10.1. The van der Waals surface area contributed by atoms with Gasteiger partial charge in [-0.15, -0.1) is 0 Å². The minimum atomic E-state index is -4.07. The van der Waals surface area contributed by atoms with Crippen molar-refractivity contribution in [3.8, 4) is 0 Å². The highest BCUT2D eigenvalue weighted by molar-refractivity contribution is 7.89. The average molecular weight is 504 g/mol. The number of aryl methyl sites for hydroxylation is 2. The maximum Gasteiger partial charge on any atom is 0.333 e. The number of benzene rings is 3. The molecular formula is C30H33NO4S. The number of carbonyl (C=O) groups is 1. The summed E-state index contributed by atoms with van der Waals surface area (Å²) in [5, 5.41) is 10.2. The van der Waals surface area contributed by atoms with Crippen LogP contribution in [0.3, 0.4) is 0 Å². The predicted octanol–water partition coefficient (Wildman–Crippen LogP) is 6.49. The number of hydrogen-bond acceptors (Lipinski definition) is 3. The first-order valence-electron chi connectivity index (χ1n) is 12.1. The first-order valence-corrected chi connectivity index (χ1v) is 13.5. The van der Waals surface area contributed by atoms with Crippen LogP contribution in [-0.2, 0) is 20.2 Å². The third kappa shape index (κ3) is 4.88. The lowest BCUT2D eigenvalue weighted by atomic mass is 9.84. The van der Waals surface area contributed by atoms with Gasteiger partial charge in [0.15, 0.2) is 0 Å². The Balaban J connectivity index is 1.97. The molecule has 1 aliphatic rings. The van der Waals surface area contributed by atoms with Gasteiger partial charge in [-0.3, -0.25) is 0 Å². The van der Waals surface area contributed by atoms with Crippen molar-refractivity contribution in [3.63, 3.8) is 0 Å². The van der Waals surface area contributed by atoms with Crippen LogP contribution < -0.4 is 0 Å². The summed E-state index contributed by atoms with van der Waals surface area (Å²) in [6, 6.07) is 20.7. The average Bonchev–Trinajstić information content (AvgIpc) is 2.83. The van der Waals surface area contributed by atoms with Crippen LogP contribution in [0.2, 0.25) is 0 Å². The van der Waals surface area contributed by atoms with Gasteiger partial charge >= 0.3 is 5.97 Å². The van der Waals surface area contributed by atoms with Crippen LogP contribution in [0.4, 0.5) is 0 Å². The Bertz CT molecular complexity index is 1400. The van der Waals surface area contributed by atoms with E-state index in [-0.39, 0.29) is 22.3 Å². The molecule has 0 aromatic heterocycles. The molecule has 3 aromatic rings. The largest absolute Gasteiger partial charge is 0.478 e. The zero-order valence-electron chi connectivity index (χ0n) is 21.4. The quantitative estimate of drug-likeness (QED) is 0.432. The Morgan fingerprint density at radius 2 is 1.47 bits per heavy atom. The fraction of sp³-hybridized carbons (Fsp3) is 0.300. The molecule has 0 spiro atoms. The third-order valence-electron chi connectivity index (χ3n) is 6.87. The molecule has 0 aliphatic carbocycles. The van der Waals surface area contributed by atoms with Gasteiger partial charge in [-0.25, -0.2) is 13.2 Å². The van der Waals surface area contributed by atoms with Gasteiger partial charge in [0.05, 0.1) is 22.6 Å². The summed E-state index contributed by atoms with van der Waals surface area (Å²) >= 11 is 0. The van der Waals surface area contributed by atoms with Crippen molar-refractivity contribution < 1.29 is 18.3 Å². The van der Waals surface area contributed by atoms with E-state index in [0.717, 1.165) is 16.7 Å². The molecule has 0 saturated heterocycles. The Morgan fingerprint density at radius 3 is 2.03 bits per heavy atom. The highest BCUT2D eigenvalue weighted by atomic mass is 32.2. The van der Waals surface area contributed by atoms with Crippen LogP contribution in [-0.4, -0.2) is 23.8 Å². The number of aliphatic carboxylic acids is 1. The van der Waals surface area contributed by atoms with E-state index in [2.05, 4.69) is 20.8 Å². The lowest BCUT2D eigenvalue weighted by Crippen LogP contribution is -2.42. The van der Waals surface area contributed by atoms with Gasteiger partial charge in [-0.1, -0.05) is 99.1 Å². The van der Waals surface area contributed by atoms with E-state index >= 15 is 0 Å². The molecule has 1 heterocycles. The molecule has 0 fully saturated rings. The van der Waals surface area contributed by atoms with Crippen molar-refractivity contribution >= 4 is 16.0 Å². The van der Waals surface area contributed by atoms with Crippen molar-refractivity contribution in [2.24, 2.45) is 0 Å². The normalized spacial score (nSPS) is 19.1. The van der Waals surface area contributed by atoms with Crippen LogP contribution >= 0.6 is 0 Å². The fourth-order valence-corrected chi connectivity index (χ4v) is 6.81. The van der Waals surface area contributed by atoms with Crippen LogP contribution in [0.15, 0.2) is 89.3 Å². The molecule has 0 amide bonds. The molecule has 0 unspecified atom stereocenters. The van der Waals surface area contributed by atoms with Crippen molar-refractivity contribution in [2.75, 3.05) is 0 Å². The highest BCUT2D eigenvalue weighted by Gasteiger charge is 2.45. The van der Waals surface area contributed by atoms with Gasteiger partial charge in [-0.05, 0) is 54.0 Å². The summed E-state index contributed by atoms with van der Waals surface area (Å²) < 4.78 is 30.1. The first kappa shape index (κ1) is 25.9. The van der Waals surface area contributed by atoms with E-state index in [4.69, 9.17) is 0 Å².